The number of piperidine rings is 1. The topological polar surface area (TPSA) is 59.4 Å². The fraction of sp³-hybridized carbons (Fsp3) is 0.500. The Morgan fingerprint density at radius 3 is 2.92 bits per heavy atom. The predicted octanol–water partition coefficient (Wildman–Crippen LogP) is 3.96. The maximum atomic E-state index is 12.0. The van der Waals surface area contributed by atoms with Crippen LogP contribution in [0.2, 0.25) is 0 Å². The van der Waals surface area contributed by atoms with Gasteiger partial charge in [-0.3, -0.25) is 9.69 Å². The molecule has 1 aromatic carbocycles. The highest BCUT2D eigenvalue weighted by atomic mass is 32.1. The average Bonchev–Trinajstić information content (AvgIpc) is 2.96. The van der Waals surface area contributed by atoms with Crippen LogP contribution in [0.5, 0.6) is 0 Å². The van der Waals surface area contributed by atoms with Gasteiger partial charge in [-0.1, -0.05) is 29.0 Å². The van der Waals surface area contributed by atoms with Crippen LogP contribution >= 0.6 is 23.6 Å². The zero-order chi connectivity index (χ0) is 18.5. The summed E-state index contributed by atoms with van der Waals surface area (Å²) < 4.78 is 7.71. The van der Waals surface area contributed by atoms with Gasteiger partial charge in [0, 0.05) is 12.2 Å². The van der Waals surface area contributed by atoms with Crippen molar-refractivity contribution < 1.29 is 9.53 Å². The lowest BCUT2D eigenvalue weighted by molar-refractivity contribution is -0.150. The number of esters is 1. The van der Waals surface area contributed by atoms with E-state index in [1.165, 1.54) is 16.9 Å². The number of ether oxygens (including phenoxy) is 1. The molecular weight excluding hydrogens is 368 g/mol. The quantitative estimate of drug-likeness (QED) is 0.593. The van der Waals surface area contributed by atoms with Crippen LogP contribution in [0.4, 0.5) is 10.8 Å². The van der Waals surface area contributed by atoms with Gasteiger partial charge in [0.15, 0.2) is 3.95 Å². The van der Waals surface area contributed by atoms with E-state index < -0.39 is 0 Å². The van der Waals surface area contributed by atoms with Crippen molar-refractivity contribution in [3.63, 3.8) is 0 Å². The van der Waals surface area contributed by atoms with Crippen LogP contribution in [-0.4, -0.2) is 40.3 Å². The monoisotopic (exact) mass is 392 g/mol. The van der Waals surface area contributed by atoms with Crippen LogP contribution in [0.3, 0.4) is 0 Å². The van der Waals surface area contributed by atoms with E-state index >= 15 is 0 Å². The number of hydrogen-bond donors (Lipinski definition) is 1. The highest BCUT2D eigenvalue weighted by Gasteiger charge is 2.27. The minimum Gasteiger partial charge on any atom is -0.466 e. The largest absolute Gasteiger partial charge is 0.466 e. The van der Waals surface area contributed by atoms with Gasteiger partial charge < -0.3 is 10.1 Å². The number of likely N-dealkylation sites (tertiary alicyclic amines) is 1. The van der Waals surface area contributed by atoms with Gasteiger partial charge in [-0.05, 0) is 57.6 Å². The van der Waals surface area contributed by atoms with Crippen molar-refractivity contribution in [2.24, 2.45) is 5.92 Å². The first kappa shape index (κ1) is 19.0. The number of aryl methyl sites for hydroxylation is 1. The van der Waals surface area contributed by atoms with E-state index in [0.717, 1.165) is 34.2 Å². The van der Waals surface area contributed by atoms with Gasteiger partial charge in [0.1, 0.15) is 0 Å². The third kappa shape index (κ3) is 4.90. The van der Waals surface area contributed by atoms with Gasteiger partial charge in [0.05, 0.1) is 19.2 Å². The lowest BCUT2D eigenvalue weighted by Gasteiger charge is -2.31. The average molecular weight is 393 g/mol. The third-order valence-corrected chi connectivity index (χ3v) is 5.59. The van der Waals surface area contributed by atoms with Crippen LogP contribution in [-0.2, 0) is 16.2 Å². The molecule has 1 fully saturated rings. The molecule has 1 aliphatic rings. The molecule has 6 nitrogen and oxygen atoms in total. The molecule has 1 aliphatic heterocycles. The van der Waals surface area contributed by atoms with E-state index in [1.807, 2.05) is 23.7 Å². The predicted molar refractivity (Wildman–Crippen MR) is 106 cm³/mol. The van der Waals surface area contributed by atoms with Crippen LogP contribution < -0.4 is 5.32 Å². The van der Waals surface area contributed by atoms with Gasteiger partial charge in [-0.2, -0.15) is 0 Å². The summed E-state index contributed by atoms with van der Waals surface area (Å²) in [4.78, 5) is 14.2. The van der Waals surface area contributed by atoms with Crippen molar-refractivity contribution in [3.8, 4) is 0 Å². The second-order valence-corrected chi connectivity index (χ2v) is 8.10. The van der Waals surface area contributed by atoms with Crippen LogP contribution in [0.15, 0.2) is 24.3 Å². The first-order valence-corrected chi connectivity index (χ1v) is 10.1. The highest BCUT2D eigenvalue weighted by Crippen LogP contribution is 2.22. The Hall–Kier alpha value is -1.77. The molecule has 0 aliphatic carbocycles. The summed E-state index contributed by atoms with van der Waals surface area (Å²) in [5, 5.41) is 8.67. The number of hydrogen-bond acceptors (Lipinski definition) is 7. The van der Waals surface area contributed by atoms with E-state index in [4.69, 9.17) is 17.0 Å². The molecule has 0 radical (unpaired) electrons. The number of aromatic nitrogens is 2. The molecule has 0 bridgehead atoms. The SMILES string of the molecule is CCOC(=O)[C@H]1CCCN(Cn2nc(Nc3ccc(C)cc3)sc2=S)C1. The van der Waals surface area contributed by atoms with Crippen molar-refractivity contribution in [1.29, 1.82) is 0 Å². The summed E-state index contributed by atoms with van der Waals surface area (Å²) in [5.41, 5.74) is 2.21. The second-order valence-electron chi connectivity index (χ2n) is 6.47. The van der Waals surface area contributed by atoms with Gasteiger partial charge in [-0.15, -0.1) is 5.10 Å². The Balaban J connectivity index is 1.63. The molecule has 8 heteroatoms. The van der Waals surface area contributed by atoms with Gasteiger partial charge in [-0.25, -0.2) is 4.68 Å². The van der Waals surface area contributed by atoms with Gasteiger partial charge in [0.25, 0.3) is 0 Å². The Morgan fingerprint density at radius 2 is 2.19 bits per heavy atom. The first-order chi connectivity index (χ1) is 12.5. The van der Waals surface area contributed by atoms with E-state index in [1.54, 1.807) is 0 Å². The van der Waals surface area contributed by atoms with Crippen LogP contribution in [0, 0.1) is 16.8 Å². The van der Waals surface area contributed by atoms with Crippen LogP contribution in [0.25, 0.3) is 0 Å². The van der Waals surface area contributed by atoms with E-state index in [9.17, 15) is 4.79 Å². The molecule has 1 atom stereocenters. The Kier molecular flexibility index (Phi) is 6.39. The molecule has 2 heterocycles. The molecule has 0 saturated carbocycles. The molecule has 0 spiro atoms. The summed E-state index contributed by atoms with van der Waals surface area (Å²) >= 11 is 6.92. The number of nitrogens with one attached hydrogen (secondary N) is 1. The number of rotatable bonds is 6. The van der Waals surface area contributed by atoms with Gasteiger partial charge >= 0.3 is 5.97 Å². The summed E-state index contributed by atoms with van der Waals surface area (Å²) in [6.45, 7) is 6.57. The maximum Gasteiger partial charge on any atom is 0.310 e. The molecular formula is C18H24N4O2S2. The number of nitrogens with zero attached hydrogens (tertiary/aromatic N) is 3. The third-order valence-electron chi connectivity index (χ3n) is 4.37. The molecule has 1 saturated heterocycles. The molecule has 2 aromatic rings. The fourth-order valence-corrected chi connectivity index (χ4v) is 4.05. The molecule has 0 unspecified atom stereocenters. The van der Waals surface area contributed by atoms with Crippen molar-refractivity contribution in [1.82, 2.24) is 14.7 Å². The lowest BCUT2D eigenvalue weighted by atomic mass is 9.99. The van der Waals surface area contributed by atoms with Crippen molar-refractivity contribution in [2.45, 2.75) is 33.4 Å². The number of anilines is 2. The maximum absolute atomic E-state index is 12.0. The molecule has 1 aromatic heterocycles. The minimum atomic E-state index is -0.0965. The lowest BCUT2D eigenvalue weighted by Crippen LogP contribution is -2.40. The zero-order valence-corrected chi connectivity index (χ0v) is 16.7. The summed E-state index contributed by atoms with van der Waals surface area (Å²) in [6, 6.07) is 8.17. The fourth-order valence-electron chi connectivity index (χ4n) is 3.03. The van der Waals surface area contributed by atoms with E-state index in [0.29, 0.717) is 19.8 Å². The van der Waals surface area contributed by atoms with Gasteiger partial charge in [0.2, 0.25) is 5.13 Å². The second kappa shape index (κ2) is 8.75. The van der Waals surface area contributed by atoms with Crippen LogP contribution in [0.1, 0.15) is 25.3 Å². The number of benzene rings is 1. The summed E-state index contributed by atoms with van der Waals surface area (Å²) in [7, 11) is 0. The standard InChI is InChI=1S/C18H24N4O2S2/c1-3-24-16(23)14-5-4-10-21(11-14)12-22-18(25)26-17(20-22)19-15-8-6-13(2)7-9-15/h6-9,14H,3-5,10-12H2,1-2H3,(H,19,20)/t14-/m0/s1. The smallest absolute Gasteiger partial charge is 0.310 e. The Morgan fingerprint density at radius 1 is 1.42 bits per heavy atom. The normalized spacial score (nSPS) is 17.8. The number of carbonyl (C=O) groups is 1. The van der Waals surface area contributed by atoms with Crippen molar-refractivity contribution >= 4 is 40.3 Å². The highest BCUT2D eigenvalue weighted by molar-refractivity contribution is 7.73. The molecule has 3 rings (SSSR count). The Labute approximate surface area is 162 Å². The van der Waals surface area contributed by atoms with E-state index in [-0.39, 0.29) is 11.9 Å². The summed E-state index contributed by atoms with van der Waals surface area (Å²) in [6.07, 6.45) is 1.87. The molecule has 26 heavy (non-hydrogen) atoms. The molecule has 1 N–H and O–H groups in total. The first-order valence-electron chi connectivity index (χ1n) is 8.86. The Bertz CT molecular complexity index is 800. The van der Waals surface area contributed by atoms with Crippen molar-refractivity contribution in [2.75, 3.05) is 25.0 Å². The number of carbonyl (C=O) groups excluding carboxylic acids is 1. The molecule has 0 amide bonds. The zero-order valence-electron chi connectivity index (χ0n) is 15.1. The summed E-state index contributed by atoms with van der Waals surface area (Å²) in [5.74, 6) is -0.150. The van der Waals surface area contributed by atoms with Crippen molar-refractivity contribution in [3.05, 3.63) is 33.8 Å². The van der Waals surface area contributed by atoms with E-state index in [2.05, 4.69) is 34.4 Å². The minimum absolute atomic E-state index is 0.0540. The molecule has 140 valence electrons.